The quantitative estimate of drug-likeness (QED) is 0.809. The van der Waals surface area contributed by atoms with Gasteiger partial charge < -0.3 is 0 Å². The largest absolute Gasteiger partial charge is 0.273 e. The average molecular weight is 303 g/mol. The molecule has 0 aliphatic carbocycles. The highest BCUT2D eigenvalue weighted by Crippen LogP contribution is 2.41. The van der Waals surface area contributed by atoms with Gasteiger partial charge in [0.2, 0.25) is 5.91 Å². The number of hydrogen-bond acceptors (Lipinski definition) is 5. The van der Waals surface area contributed by atoms with Gasteiger partial charge in [-0.2, -0.15) is 5.10 Å². The monoisotopic (exact) mass is 303 g/mol. The van der Waals surface area contributed by atoms with Crippen molar-refractivity contribution in [3.63, 3.8) is 0 Å². The van der Waals surface area contributed by atoms with Crippen LogP contribution in [0.5, 0.6) is 0 Å². The van der Waals surface area contributed by atoms with Gasteiger partial charge in [-0.3, -0.25) is 4.79 Å². The van der Waals surface area contributed by atoms with E-state index in [4.69, 9.17) is 0 Å². The summed E-state index contributed by atoms with van der Waals surface area (Å²) in [5, 5.41) is 6.77. The standard InChI is InChI=1S/C14H13N3OS2/c1-9(18)17-13(20-14(16-17)19-2)12-8-7-10-5-3-4-6-11(10)15-12/h3-8,13H,1-2H3/t13-/m0/s1. The number of rotatable bonds is 1. The number of thioether (sulfide) groups is 2. The van der Waals surface area contributed by atoms with Crippen LogP contribution < -0.4 is 0 Å². The van der Waals surface area contributed by atoms with Crippen molar-refractivity contribution in [2.75, 3.05) is 6.26 Å². The molecule has 0 spiro atoms. The third-order valence-corrected chi connectivity index (χ3v) is 5.16. The van der Waals surface area contributed by atoms with Gasteiger partial charge in [-0.25, -0.2) is 9.99 Å². The van der Waals surface area contributed by atoms with Crippen LogP contribution in [0.25, 0.3) is 10.9 Å². The number of carbonyl (C=O) groups is 1. The van der Waals surface area contributed by atoms with Crippen molar-refractivity contribution in [2.45, 2.75) is 12.3 Å². The minimum Gasteiger partial charge on any atom is -0.273 e. The zero-order valence-corrected chi connectivity index (χ0v) is 12.7. The summed E-state index contributed by atoms with van der Waals surface area (Å²) in [5.41, 5.74) is 1.79. The zero-order chi connectivity index (χ0) is 14.1. The van der Waals surface area contributed by atoms with E-state index in [0.29, 0.717) is 0 Å². The van der Waals surface area contributed by atoms with Crippen molar-refractivity contribution >= 4 is 44.7 Å². The second-order valence-electron chi connectivity index (χ2n) is 4.33. The predicted molar refractivity (Wildman–Crippen MR) is 85.5 cm³/mol. The Bertz CT molecular complexity index is 702. The predicted octanol–water partition coefficient (Wildman–Crippen LogP) is 3.46. The summed E-state index contributed by atoms with van der Waals surface area (Å²) in [7, 11) is 0. The molecular weight excluding hydrogens is 290 g/mol. The van der Waals surface area contributed by atoms with Crippen LogP contribution in [0.3, 0.4) is 0 Å². The van der Waals surface area contributed by atoms with Gasteiger partial charge >= 0.3 is 0 Å². The van der Waals surface area contributed by atoms with Crippen LogP contribution >= 0.6 is 23.5 Å². The van der Waals surface area contributed by atoms with Gasteiger partial charge in [-0.15, -0.1) is 11.8 Å². The van der Waals surface area contributed by atoms with Crippen LogP contribution in [0.1, 0.15) is 18.0 Å². The van der Waals surface area contributed by atoms with Crippen LogP contribution in [0, 0.1) is 0 Å². The Morgan fingerprint density at radius 2 is 2.10 bits per heavy atom. The fourth-order valence-corrected chi connectivity index (χ4v) is 3.74. The van der Waals surface area contributed by atoms with Gasteiger partial charge in [0.15, 0.2) is 4.38 Å². The number of amides is 1. The van der Waals surface area contributed by atoms with Crippen molar-refractivity contribution in [2.24, 2.45) is 5.10 Å². The van der Waals surface area contributed by atoms with Crippen LogP contribution in [0.2, 0.25) is 0 Å². The number of pyridine rings is 1. The van der Waals surface area contributed by atoms with Gasteiger partial charge in [0, 0.05) is 12.3 Å². The maximum Gasteiger partial charge on any atom is 0.241 e. The second kappa shape index (κ2) is 5.46. The normalized spacial score (nSPS) is 18.4. The number of benzene rings is 1. The Morgan fingerprint density at radius 1 is 1.30 bits per heavy atom. The van der Waals surface area contributed by atoms with E-state index in [0.717, 1.165) is 21.0 Å². The summed E-state index contributed by atoms with van der Waals surface area (Å²) in [5.74, 6) is -0.0680. The second-order valence-corrected chi connectivity index (χ2v) is 6.45. The number of hydrazone groups is 1. The number of hydrogen-bond donors (Lipinski definition) is 0. The van der Waals surface area contributed by atoms with Crippen molar-refractivity contribution in [1.29, 1.82) is 0 Å². The van der Waals surface area contributed by atoms with Crippen LogP contribution in [0.4, 0.5) is 0 Å². The minimum absolute atomic E-state index is 0.0680. The Hall–Kier alpha value is -1.53. The van der Waals surface area contributed by atoms with Gasteiger partial charge in [0.1, 0.15) is 5.37 Å². The smallest absolute Gasteiger partial charge is 0.241 e. The summed E-state index contributed by atoms with van der Waals surface area (Å²) >= 11 is 3.11. The van der Waals surface area contributed by atoms with Crippen LogP contribution in [0.15, 0.2) is 41.5 Å². The summed E-state index contributed by atoms with van der Waals surface area (Å²) in [6, 6.07) is 12.0. The molecule has 4 nitrogen and oxygen atoms in total. The zero-order valence-electron chi connectivity index (χ0n) is 11.1. The molecule has 0 N–H and O–H groups in total. The van der Waals surface area contributed by atoms with E-state index in [1.54, 1.807) is 23.5 Å². The van der Waals surface area contributed by atoms with Crippen molar-refractivity contribution in [1.82, 2.24) is 9.99 Å². The number of carbonyl (C=O) groups excluding carboxylic acids is 1. The summed E-state index contributed by atoms with van der Waals surface area (Å²) in [6.07, 6.45) is 1.96. The highest BCUT2D eigenvalue weighted by atomic mass is 32.2. The molecule has 0 fully saturated rings. The van der Waals surface area contributed by atoms with Gasteiger partial charge in [-0.1, -0.05) is 36.0 Å². The van der Waals surface area contributed by atoms with Gasteiger partial charge in [0.25, 0.3) is 0 Å². The fraction of sp³-hybridized carbons (Fsp3) is 0.214. The van der Waals surface area contributed by atoms with Gasteiger partial charge in [-0.05, 0) is 18.4 Å². The SMILES string of the molecule is CSC1=NN(C(C)=O)[C@H](c2ccc3ccccc3n2)S1. The number of aromatic nitrogens is 1. The molecule has 20 heavy (non-hydrogen) atoms. The van der Waals surface area contributed by atoms with Crippen molar-refractivity contribution < 1.29 is 4.79 Å². The van der Waals surface area contributed by atoms with Crippen LogP contribution in [-0.2, 0) is 4.79 Å². The molecule has 0 saturated heterocycles. The molecule has 1 amide bonds. The van der Waals surface area contributed by atoms with E-state index >= 15 is 0 Å². The lowest BCUT2D eigenvalue weighted by molar-refractivity contribution is -0.129. The van der Waals surface area contributed by atoms with E-state index in [9.17, 15) is 4.79 Å². The first-order valence-electron chi connectivity index (χ1n) is 6.14. The maximum atomic E-state index is 11.7. The van der Waals surface area contributed by atoms with E-state index in [2.05, 4.69) is 10.1 Å². The fourth-order valence-electron chi connectivity index (χ4n) is 2.04. The molecule has 102 valence electrons. The van der Waals surface area contributed by atoms with E-state index in [1.807, 2.05) is 42.7 Å². The molecule has 0 saturated carbocycles. The lowest BCUT2D eigenvalue weighted by atomic mass is 10.2. The molecule has 1 aromatic carbocycles. The molecule has 0 unspecified atom stereocenters. The Labute approximate surface area is 125 Å². The molecule has 1 aromatic heterocycles. The Morgan fingerprint density at radius 3 is 2.85 bits per heavy atom. The number of fused-ring (bicyclic) bond motifs is 1. The summed E-state index contributed by atoms with van der Waals surface area (Å²) < 4.78 is 0.889. The molecular formula is C14H13N3OS2. The molecule has 2 heterocycles. The Kier molecular flexibility index (Phi) is 3.67. The summed E-state index contributed by atoms with van der Waals surface area (Å²) in [6.45, 7) is 1.53. The average Bonchev–Trinajstić information content (AvgIpc) is 2.91. The third-order valence-electron chi connectivity index (χ3n) is 2.99. The maximum absolute atomic E-state index is 11.7. The molecule has 0 bridgehead atoms. The van der Waals surface area contributed by atoms with E-state index < -0.39 is 0 Å². The first kappa shape index (κ1) is 13.5. The first-order valence-corrected chi connectivity index (χ1v) is 8.24. The third kappa shape index (κ3) is 2.41. The molecule has 1 aliphatic rings. The highest BCUT2D eigenvalue weighted by Gasteiger charge is 2.32. The topological polar surface area (TPSA) is 45.6 Å². The number of para-hydroxylation sites is 1. The molecule has 1 aliphatic heterocycles. The lowest BCUT2D eigenvalue weighted by Gasteiger charge is -2.18. The number of nitrogens with zero attached hydrogens (tertiary/aromatic N) is 3. The first-order chi connectivity index (χ1) is 9.69. The van der Waals surface area contributed by atoms with Crippen molar-refractivity contribution in [3.05, 3.63) is 42.1 Å². The molecule has 3 rings (SSSR count). The van der Waals surface area contributed by atoms with Crippen molar-refractivity contribution in [3.8, 4) is 0 Å². The Balaban J connectivity index is 2.00. The lowest BCUT2D eigenvalue weighted by Crippen LogP contribution is -2.23. The molecule has 1 atom stereocenters. The van der Waals surface area contributed by atoms with E-state index in [-0.39, 0.29) is 11.3 Å². The summed E-state index contributed by atoms with van der Waals surface area (Å²) in [4.78, 5) is 16.4. The van der Waals surface area contributed by atoms with Crippen LogP contribution in [-0.4, -0.2) is 26.5 Å². The molecule has 0 radical (unpaired) electrons. The minimum atomic E-state index is -0.167. The highest BCUT2D eigenvalue weighted by molar-refractivity contribution is 8.38. The van der Waals surface area contributed by atoms with Gasteiger partial charge in [0.05, 0.1) is 11.2 Å². The molecule has 2 aromatic rings. The molecule has 6 heteroatoms. The van der Waals surface area contributed by atoms with E-state index in [1.165, 1.54) is 11.9 Å².